The Labute approximate surface area is 118 Å². The Balaban J connectivity index is 2.00. The number of hydrogen-bond acceptors (Lipinski definition) is 2. The number of hydrogen-bond donors (Lipinski definition) is 1. The number of benzene rings is 1. The Morgan fingerprint density at radius 3 is 2.42 bits per heavy atom. The van der Waals surface area contributed by atoms with Crippen LogP contribution in [0.2, 0.25) is 0 Å². The molecule has 0 aromatic heterocycles. The second-order valence-corrected chi connectivity index (χ2v) is 6.39. The average Bonchev–Trinajstić information content (AvgIpc) is 2.86. The van der Waals surface area contributed by atoms with Crippen LogP contribution in [0.4, 0.5) is 8.78 Å². The van der Waals surface area contributed by atoms with E-state index in [9.17, 15) is 8.78 Å². The zero-order chi connectivity index (χ0) is 13.7. The molecule has 1 atom stereocenters. The monoisotopic (exact) mass is 285 g/mol. The molecule has 0 amide bonds. The molecule has 2 rings (SSSR count). The van der Waals surface area contributed by atoms with Gasteiger partial charge >= 0.3 is 0 Å². The Morgan fingerprint density at radius 1 is 1.21 bits per heavy atom. The van der Waals surface area contributed by atoms with Gasteiger partial charge in [0, 0.05) is 23.1 Å². The second kappa shape index (κ2) is 7.25. The third kappa shape index (κ3) is 4.46. The maximum Gasteiger partial charge on any atom is 0.126 e. The van der Waals surface area contributed by atoms with Gasteiger partial charge in [-0.2, -0.15) is 11.8 Å². The van der Waals surface area contributed by atoms with E-state index in [1.807, 2.05) is 18.7 Å². The van der Waals surface area contributed by atoms with Crippen LogP contribution in [-0.4, -0.2) is 17.5 Å². The molecule has 0 saturated heterocycles. The molecule has 19 heavy (non-hydrogen) atoms. The van der Waals surface area contributed by atoms with Gasteiger partial charge in [0.15, 0.2) is 0 Å². The molecule has 1 aliphatic rings. The summed E-state index contributed by atoms with van der Waals surface area (Å²) in [4.78, 5) is 0. The van der Waals surface area contributed by atoms with Crippen LogP contribution in [0.15, 0.2) is 18.2 Å². The van der Waals surface area contributed by atoms with Crippen LogP contribution in [0.5, 0.6) is 0 Å². The van der Waals surface area contributed by atoms with Crippen molar-refractivity contribution < 1.29 is 8.78 Å². The lowest BCUT2D eigenvalue weighted by Crippen LogP contribution is -2.24. The van der Waals surface area contributed by atoms with Crippen LogP contribution < -0.4 is 5.32 Å². The highest BCUT2D eigenvalue weighted by Crippen LogP contribution is 2.32. The van der Waals surface area contributed by atoms with Gasteiger partial charge in [0.25, 0.3) is 0 Å². The van der Waals surface area contributed by atoms with Gasteiger partial charge in [-0.25, -0.2) is 8.78 Å². The summed E-state index contributed by atoms with van der Waals surface area (Å²) in [6, 6.07) is 3.83. The van der Waals surface area contributed by atoms with E-state index in [1.54, 1.807) is 0 Å². The summed E-state index contributed by atoms with van der Waals surface area (Å²) in [6.07, 6.45) is 5.19. The average molecular weight is 285 g/mol. The fraction of sp³-hybridized carbons (Fsp3) is 0.600. The first-order valence-corrected chi connectivity index (χ1v) is 8.05. The molecular weight excluding hydrogens is 264 g/mol. The molecule has 1 unspecified atom stereocenters. The number of halogens is 2. The maximum absolute atomic E-state index is 13.3. The first kappa shape index (κ1) is 14.8. The van der Waals surface area contributed by atoms with Crippen molar-refractivity contribution in [1.82, 2.24) is 5.32 Å². The van der Waals surface area contributed by atoms with Crippen molar-refractivity contribution in [3.8, 4) is 0 Å². The summed E-state index contributed by atoms with van der Waals surface area (Å²) in [5, 5.41) is 4.04. The molecule has 1 nitrogen and oxygen atoms in total. The summed E-state index contributed by atoms with van der Waals surface area (Å²) in [7, 11) is 0. The normalized spacial score (nSPS) is 17.8. The Bertz CT molecular complexity index is 385. The summed E-state index contributed by atoms with van der Waals surface area (Å²) in [5.74, 6) is -0.117. The van der Waals surface area contributed by atoms with E-state index in [1.165, 1.54) is 37.8 Å². The molecule has 0 bridgehead atoms. The fourth-order valence-corrected chi connectivity index (χ4v) is 4.02. The molecule has 1 N–H and O–H groups in total. The van der Waals surface area contributed by atoms with Crippen LogP contribution in [-0.2, 0) is 0 Å². The molecule has 106 valence electrons. The third-order valence-corrected chi connectivity index (χ3v) is 5.01. The lowest BCUT2D eigenvalue weighted by atomic mass is 10.1. The number of nitrogens with one attached hydrogen (secondary N) is 1. The molecule has 1 fully saturated rings. The van der Waals surface area contributed by atoms with Crippen LogP contribution in [0, 0.1) is 11.6 Å². The van der Waals surface area contributed by atoms with Crippen molar-refractivity contribution >= 4 is 11.8 Å². The van der Waals surface area contributed by atoms with Crippen molar-refractivity contribution in [1.29, 1.82) is 0 Å². The van der Waals surface area contributed by atoms with Gasteiger partial charge in [0.05, 0.1) is 0 Å². The van der Waals surface area contributed by atoms with Gasteiger partial charge in [-0.3, -0.25) is 0 Å². The zero-order valence-electron chi connectivity index (χ0n) is 11.3. The van der Waals surface area contributed by atoms with Crippen molar-refractivity contribution in [2.24, 2.45) is 0 Å². The van der Waals surface area contributed by atoms with Gasteiger partial charge in [-0.1, -0.05) is 19.8 Å². The van der Waals surface area contributed by atoms with Crippen LogP contribution >= 0.6 is 11.8 Å². The van der Waals surface area contributed by atoms with Crippen LogP contribution in [0.1, 0.15) is 44.2 Å². The highest BCUT2D eigenvalue weighted by Gasteiger charge is 2.19. The fourth-order valence-electron chi connectivity index (χ4n) is 2.58. The molecular formula is C15H21F2NS. The van der Waals surface area contributed by atoms with Crippen molar-refractivity contribution in [3.63, 3.8) is 0 Å². The van der Waals surface area contributed by atoms with Crippen molar-refractivity contribution in [2.45, 2.75) is 43.9 Å². The Morgan fingerprint density at radius 2 is 1.84 bits per heavy atom. The molecule has 1 aromatic carbocycles. The van der Waals surface area contributed by atoms with Gasteiger partial charge in [-0.05, 0) is 37.1 Å². The van der Waals surface area contributed by atoms with Crippen molar-refractivity contribution in [2.75, 3.05) is 12.3 Å². The SMILES string of the molecule is CCNC(CSC1CCCC1)c1cc(F)cc(F)c1. The predicted octanol–water partition coefficient (Wildman–Crippen LogP) is 4.29. The van der Waals surface area contributed by atoms with E-state index in [0.29, 0.717) is 5.56 Å². The van der Waals surface area contributed by atoms with E-state index in [2.05, 4.69) is 5.32 Å². The van der Waals surface area contributed by atoms with Gasteiger partial charge in [-0.15, -0.1) is 0 Å². The van der Waals surface area contributed by atoms with Crippen molar-refractivity contribution in [3.05, 3.63) is 35.4 Å². The van der Waals surface area contributed by atoms with Gasteiger partial charge in [0.1, 0.15) is 11.6 Å². The quantitative estimate of drug-likeness (QED) is 0.836. The highest BCUT2D eigenvalue weighted by atomic mass is 32.2. The van der Waals surface area contributed by atoms with Gasteiger partial charge in [0.2, 0.25) is 0 Å². The minimum absolute atomic E-state index is 0.0285. The molecule has 1 aromatic rings. The summed E-state index contributed by atoms with van der Waals surface area (Å²) in [6.45, 7) is 2.82. The van der Waals surface area contributed by atoms with E-state index < -0.39 is 11.6 Å². The zero-order valence-corrected chi connectivity index (χ0v) is 12.1. The highest BCUT2D eigenvalue weighted by molar-refractivity contribution is 7.99. The number of thioether (sulfide) groups is 1. The molecule has 0 radical (unpaired) electrons. The first-order chi connectivity index (χ1) is 9.19. The van der Waals surface area contributed by atoms with Gasteiger partial charge < -0.3 is 5.32 Å². The first-order valence-electron chi connectivity index (χ1n) is 7.00. The molecule has 0 spiro atoms. The summed E-state index contributed by atoms with van der Waals surface area (Å²) >= 11 is 1.93. The molecule has 4 heteroatoms. The smallest absolute Gasteiger partial charge is 0.126 e. The summed E-state index contributed by atoms with van der Waals surface area (Å²) in [5.41, 5.74) is 0.713. The lowest BCUT2D eigenvalue weighted by Gasteiger charge is -2.20. The van der Waals surface area contributed by atoms with E-state index in [0.717, 1.165) is 23.6 Å². The predicted molar refractivity (Wildman–Crippen MR) is 77.5 cm³/mol. The van der Waals surface area contributed by atoms with E-state index in [-0.39, 0.29) is 6.04 Å². The standard InChI is InChI=1S/C15H21F2NS/c1-2-18-15(10-19-14-5-3-4-6-14)11-7-12(16)9-13(17)8-11/h7-9,14-15,18H,2-6,10H2,1H3. The summed E-state index contributed by atoms with van der Waals surface area (Å²) < 4.78 is 26.6. The Hall–Kier alpha value is -0.610. The minimum Gasteiger partial charge on any atom is -0.310 e. The Kier molecular flexibility index (Phi) is 5.64. The molecule has 0 heterocycles. The largest absolute Gasteiger partial charge is 0.310 e. The lowest BCUT2D eigenvalue weighted by molar-refractivity contribution is 0.558. The van der Waals surface area contributed by atoms with Crippen LogP contribution in [0.25, 0.3) is 0 Å². The van der Waals surface area contributed by atoms with Crippen LogP contribution in [0.3, 0.4) is 0 Å². The molecule has 1 aliphatic carbocycles. The minimum atomic E-state index is -0.497. The maximum atomic E-state index is 13.3. The van der Waals surface area contributed by atoms with E-state index in [4.69, 9.17) is 0 Å². The molecule has 1 saturated carbocycles. The third-order valence-electron chi connectivity index (χ3n) is 3.54. The van der Waals surface area contributed by atoms with E-state index >= 15 is 0 Å². The molecule has 0 aliphatic heterocycles. The topological polar surface area (TPSA) is 12.0 Å². The number of rotatable bonds is 6. The second-order valence-electron chi connectivity index (χ2n) is 5.05.